The SMILES string of the molecule is CCCNc1cnc(C(=O)NC(C)c2ncn[nH]2)cn1. The zero-order valence-electron chi connectivity index (χ0n) is 11.4. The van der Waals surface area contributed by atoms with Crippen molar-refractivity contribution in [3.8, 4) is 0 Å². The first kappa shape index (κ1) is 13.9. The molecule has 2 aromatic heterocycles. The van der Waals surface area contributed by atoms with Crippen molar-refractivity contribution < 1.29 is 4.79 Å². The van der Waals surface area contributed by atoms with Crippen molar-refractivity contribution in [2.24, 2.45) is 0 Å². The van der Waals surface area contributed by atoms with Crippen LogP contribution in [0, 0.1) is 0 Å². The average Bonchev–Trinajstić information content (AvgIpc) is 3.00. The predicted octanol–water partition coefficient (Wildman–Crippen LogP) is 0.908. The third-order valence-electron chi connectivity index (χ3n) is 2.63. The quantitative estimate of drug-likeness (QED) is 0.723. The van der Waals surface area contributed by atoms with E-state index in [0.29, 0.717) is 11.6 Å². The normalized spacial score (nSPS) is 11.9. The van der Waals surface area contributed by atoms with Gasteiger partial charge in [-0.15, -0.1) is 0 Å². The van der Waals surface area contributed by atoms with E-state index in [-0.39, 0.29) is 17.6 Å². The van der Waals surface area contributed by atoms with Gasteiger partial charge in [0.2, 0.25) is 0 Å². The number of nitrogens with one attached hydrogen (secondary N) is 3. The van der Waals surface area contributed by atoms with Crippen LogP contribution in [0.5, 0.6) is 0 Å². The van der Waals surface area contributed by atoms with E-state index in [9.17, 15) is 4.79 Å². The molecule has 0 aliphatic carbocycles. The average molecular weight is 275 g/mol. The molecule has 0 fully saturated rings. The molecule has 0 bridgehead atoms. The number of hydrogen-bond acceptors (Lipinski definition) is 6. The number of anilines is 1. The fourth-order valence-electron chi connectivity index (χ4n) is 1.55. The topological polar surface area (TPSA) is 108 Å². The summed E-state index contributed by atoms with van der Waals surface area (Å²) in [4.78, 5) is 24.2. The first-order valence-electron chi connectivity index (χ1n) is 6.42. The molecule has 0 aliphatic rings. The zero-order chi connectivity index (χ0) is 14.4. The van der Waals surface area contributed by atoms with Crippen LogP contribution in [0.3, 0.4) is 0 Å². The van der Waals surface area contributed by atoms with E-state index in [4.69, 9.17) is 0 Å². The molecule has 0 radical (unpaired) electrons. The number of aromatic amines is 1. The summed E-state index contributed by atoms with van der Waals surface area (Å²) in [7, 11) is 0. The molecule has 8 nitrogen and oxygen atoms in total. The minimum absolute atomic E-state index is 0.262. The van der Waals surface area contributed by atoms with Gasteiger partial charge in [-0.05, 0) is 13.3 Å². The van der Waals surface area contributed by atoms with E-state index in [1.165, 1.54) is 12.5 Å². The van der Waals surface area contributed by atoms with Crippen molar-refractivity contribution in [2.75, 3.05) is 11.9 Å². The van der Waals surface area contributed by atoms with E-state index in [0.717, 1.165) is 13.0 Å². The van der Waals surface area contributed by atoms with Crippen LogP contribution in [-0.2, 0) is 0 Å². The van der Waals surface area contributed by atoms with Crippen LogP contribution in [0.1, 0.15) is 42.6 Å². The Labute approximate surface area is 116 Å². The van der Waals surface area contributed by atoms with Crippen molar-refractivity contribution in [1.29, 1.82) is 0 Å². The Morgan fingerprint density at radius 1 is 1.35 bits per heavy atom. The molecular formula is C12H17N7O. The molecule has 0 saturated heterocycles. The van der Waals surface area contributed by atoms with Gasteiger partial charge in [-0.25, -0.2) is 15.0 Å². The number of nitrogens with zero attached hydrogens (tertiary/aromatic N) is 4. The van der Waals surface area contributed by atoms with Gasteiger partial charge in [0.25, 0.3) is 5.91 Å². The number of carbonyl (C=O) groups excluding carboxylic acids is 1. The molecule has 3 N–H and O–H groups in total. The summed E-state index contributed by atoms with van der Waals surface area (Å²) in [6, 6.07) is -0.273. The number of hydrogen-bond donors (Lipinski definition) is 3. The zero-order valence-corrected chi connectivity index (χ0v) is 11.4. The molecule has 20 heavy (non-hydrogen) atoms. The highest BCUT2D eigenvalue weighted by molar-refractivity contribution is 5.92. The summed E-state index contributed by atoms with van der Waals surface area (Å²) in [6.45, 7) is 4.69. The molecule has 2 aromatic rings. The van der Waals surface area contributed by atoms with Gasteiger partial charge in [-0.2, -0.15) is 5.10 Å². The predicted molar refractivity (Wildman–Crippen MR) is 73.1 cm³/mol. The van der Waals surface area contributed by atoms with Gasteiger partial charge >= 0.3 is 0 Å². The Balaban J connectivity index is 1.95. The lowest BCUT2D eigenvalue weighted by Crippen LogP contribution is -2.28. The smallest absolute Gasteiger partial charge is 0.272 e. The summed E-state index contributed by atoms with van der Waals surface area (Å²) in [5.41, 5.74) is 0.262. The highest BCUT2D eigenvalue weighted by Crippen LogP contribution is 2.06. The molecule has 0 spiro atoms. The maximum Gasteiger partial charge on any atom is 0.272 e. The van der Waals surface area contributed by atoms with Crippen LogP contribution in [0.4, 0.5) is 5.82 Å². The number of rotatable bonds is 6. The maximum atomic E-state index is 12.0. The second kappa shape index (κ2) is 6.60. The maximum absolute atomic E-state index is 12.0. The number of aromatic nitrogens is 5. The monoisotopic (exact) mass is 275 g/mol. The first-order valence-corrected chi connectivity index (χ1v) is 6.42. The summed E-state index contributed by atoms with van der Waals surface area (Å²) < 4.78 is 0. The van der Waals surface area contributed by atoms with Crippen molar-refractivity contribution in [3.05, 3.63) is 30.2 Å². The number of H-pyrrole nitrogens is 1. The van der Waals surface area contributed by atoms with Gasteiger partial charge in [0.05, 0.1) is 18.4 Å². The molecule has 1 atom stereocenters. The lowest BCUT2D eigenvalue weighted by atomic mass is 10.3. The minimum Gasteiger partial charge on any atom is -0.369 e. The standard InChI is InChI=1S/C12H17N7O/c1-3-4-13-10-6-14-9(5-15-10)12(20)18-8(2)11-16-7-17-19-11/h5-8H,3-4H2,1-2H3,(H,13,15)(H,18,20)(H,16,17,19). The molecule has 1 amide bonds. The molecule has 106 valence electrons. The molecule has 8 heteroatoms. The lowest BCUT2D eigenvalue weighted by Gasteiger charge is -2.10. The van der Waals surface area contributed by atoms with Gasteiger partial charge in [-0.3, -0.25) is 9.89 Å². The van der Waals surface area contributed by atoms with E-state index in [1.807, 2.05) is 6.92 Å². The van der Waals surface area contributed by atoms with Crippen molar-refractivity contribution in [2.45, 2.75) is 26.3 Å². The summed E-state index contributed by atoms with van der Waals surface area (Å²) >= 11 is 0. The second-order valence-electron chi connectivity index (χ2n) is 4.28. The molecule has 0 aromatic carbocycles. The Kier molecular flexibility index (Phi) is 4.59. The fourth-order valence-corrected chi connectivity index (χ4v) is 1.55. The van der Waals surface area contributed by atoms with Gasteiger partial charge in [0, 0.05) is 6.54 Å². The Morgan fingerprint density at radius 2 is 2.20 bits per heavy atom. The molecular weight excluding hydrogens is 258 g/mol. The first-order chi connectivity index (χ1) is 9.70. The Hall–Kier alpha value is -2.51. The lowest BCUT2D eigenvalue weighted by molar-refractivity contribution is 0.0933. The van der Waals surface area contributed by atoms with Crippen LogP contribution in [-0.4, -0.2) is 37.6 Å². The molecule has 0 saturated carbocycles. The van der Waals surface area contributed by atoms with E-state index < -0.39 is 0 Å². The third-order valence-corrected chi connectivity index (χ3v) is 2.63. The third kappa shape index (κ3) is 3.50. The van der Waals surface area contributed by atoms with Crippen molar-refractivity contribution in [1.82, 2.24) is 30.5 Å². The molecule has 2 heterocycles. The molecule has 1 unspecified atom stereocenters. The molecule has 2 rings (SSSR count). The summed E-state index contributed by atoms with van der Waals surface area (Å²) in [5.74, 6) is 0.947. The van der Waals surface area contributed by atoms with E-state index in [1.54, 1.807) is 6.20 Å². The highest BCUT2D eigenvalue weighted by Gasteiger charge is 2.14. The van der Waals surface area contributed by atoms with Crippen LogP contribution in [0.25, 0.3) is 0 Å². The largest absolute Gasteiger partial charge is 0.369 e. The van der Waals surface area contributed by atoms with Gasteiger partial charge in [0.1, 0.15) is 23.7 Å². The Bertz CT molecular complexity index is 537. The van der Waals surface area contributed by atoms with Crippen LogP contribution < -0.4 is 10.6 Å². The van der Waals surface area contributed by atoms with Crippen molar-refractivity contribution in [3.63, 3.8) is 0 Å². The van der Waals surface area contributed by atoms with Gasteiger partial charge in [0.15, 0.2) is 0 Å². The van der Waals surface area contributed by atoms with E-state index in [2.05, 4.69) is 42.7 Å². The van der Waals surface area contributed by atoms with Crippen LogP contribution >= 0.6 is 0 Å². The minimum atomic E-state index is -0.302. The van der Waals surface area contributed by atoms with Crippen LogP contribution in [0.15, 0.2) is 18.7 Å². The van der Waals surface area contributed by atoms with E-state index >= 15 is 0 Å². The van der Waals surface area contributed by atoms with Gasteiger partial charge in [-0.1, -0.05) is 6.92 Å². The Morgan fingerprint density at radius 3 is 2.80 bits per heavy atom. The number of amides is 1. The van der Waals surface area contributed by atoms with Crippen LogP contribution in [0.2, 0.25) is 0 Å². The highest BCUT2D eigenvalue weighted by atomic mass is 16.1. The van der Waals surface area contributed by atoms with Gasteiger partial charge < -0.3 is 10.6 Å². The second-order valence-corrected chi connectivity index (χ2v) is 4.28. The fraction of sp³-hybridized carbons (Fsp3) is 0.417. The number of carbonyl (C=O) groups is 1. The summed E-state index contributed by atoms with van der Waals surface area (Å²) in [6.07, 6.45) is 5.38. The molecule has 0 aliphatic heterocycles. The summed E-state index contributed by atoms with van der Waals surface area (Å²) in [5, 5.41) is 12.3. The van der Waals surface area contributed by atoms with Crippen molar-refractivity contribution >= 4 is 11.7 Å².